The summed E-state index contributed by atoms with van der Waals surface area (Å²) < 4.78 is 0. The van der Waals surface area contributed by atoms with Crippen molar-refractivity contribution >= 4 is 0 Å². The number of rotatable bonds is 11. The normalized spacial score (nSPS) is 16.8. The van der Waals surface area contributed by atoms with Gasteiger partial charge in [-0.25, -0.2) is 0 Å². The molecule has 0 aromatic heterocycles. The Morgan fingerprint density at radius 2 is 1.59 bits per heavy atom. The maximum Gasteiger partial charge on any atom is 0.0512 e. The van der Waals surface area contributed by atoms with E-state index in [1.54, 1.807) is 0 Å². The molecule has 0 aliphatic carbocycles. The van der Waals surface area contributed by atoms with E-state index in [0.717, 1.165) is 25.7 Å². The van der Waals surface area contributed by atoms with Crippen LogP contribution in [-0.4, -0.2) is 22.9 Å². The molecule has 0 radical (unpaired) electrons. The van der Waals surface area contributed by atoms with Crippen LogP contribution in [0.1, 0.15) is 78.6 Å². The fraction of sp³-hybridized carbons (Fsp3) is 1.00. The van der Waals surface area contributed by atoms with Crippen LogP contribution in [0.2, 0.25) is 0 Å². The van der Waals surface area contributed by atoms with Gasteiger partial charge in [-0.2, -0.15) is 0 Å². The van der Waals surface area contributed by atoms with Crippen molar-refractivity contribution in [2.45, 2.75) is 84.7 Å². The molecule has 2 unspecified atom stereocenters. The number of unbranched alkanes of at least 4 members (excludes halogenated alkanes) is 4. The number of aliphatic hydroxyl groups is 2. The lowest BCUT2D eigenvalue weighted by Crippen LogP contribution is -2.21. The summed E-state index contributed by atoms with van der Waals surface area (Å²) in [5.74, 6) is 0. The highest BCUT2D eigenvalue weighted by atomic mass is 16.3. The molecule has 2 N–H and O–H groups in total. The van der Waals surface area contributed by atoms with Crippen molar-refractivity contribution in [2.24, 2.45) is 5.41 Å². The Morgan fingerprint density at radius 1 is 1.00 bits per heavy atom. The molecular formula is C15H32O2. The van der Waals surface area contributed by atoms with Crippen LogP contribution in [0.25, 0.3) is 0 Å². The SMILES string of the molecule is CCCCCCCC(C)(CO)CCCC(C)O. The van der Waals surface area contributed by atoms with Gasteiger partial charge in [0, 0.05) is 6.61 Å². The molecule has 0 aliphatic heterocycles. The summed E-state index contributed by atoms with van der Waals surface area (Å²) in [5, 5.41) is 18.7. The van der Waals surface area contributed by atoms with Gasteiger partial charge in [0.25, 0.3) is 0 Å². The van der Waals surface area contributed by atoms with E-state index >= 15 is 0 Å². The molecule has 0 saturated heterocycles. The van der Waals surface area contributed by atoms with Crippen LogP contribution >= 0.6 is 0 Å². The lowest BCUT2D eigenvalue weighted by atomic mass is 9.80. The average Bonchev–Trinajstić information content (AvgIpc) is 2.28. The van der Waals surface area contributed by atoms with E-state index in [1.807, 2.05) is 6.92 Å². The van der Waals surface area contributed by atoms with Gasteiger partial charge in [-0.1, -0.05) is 52.4 Å². The van der Waals surface area contributed by atoms with Crippen molar-refractivity contribution in [1.82, 2.24) is 0 Å². The van der Waals surface area contributed by atoms with Crippen LogP contribution in [0.15, 0.2) is 0 Å². The van der Waals surface area contributed by atoms with E-state index in [0.29, 0.717) is 0 Å². The molecule has 2 heteroatoms. The standard InChI is InChI=1S/C15H32O2/c1-4-5-6-7-8-11-15(3,13-16)12-9-10-14(2)17/h14,16-17H,4-13H2,1-3H3. The quantitative estimate of drug-likeness (QED) is 0.541. The highest BCUT2D eigenvalue weighted by Crippen LogP contribution is 2.30. The second kappa shape index (κ2) is 9.90. The van der Waals surface area contributed by atoms with Crippen LogP contribution in [0.4, 0.5) is 0 Å². The second-order valence-corrected chi connectivity index (χ2v) is 5.87. The molecule has 0 bridgehead atoms. The molecule has 0 aliphatic rings. The zero-order valence-corrected chi connectivity index (χ0v) is 12.0. The van der Waals surface area contributed by atoms with Crippen LogP contribution in [-0.2, 0) is 0 Å². The molecule has 0 amide bonds. The van der Waals surface area contributed by atoms with Gasteiger partial charge < -0.3 is 10.2 Å². The van der Waals surface area contributed by atoms with E-state index in [2.05, 4.69) is 13.8 Å². The van der Waals surface area contributed by atoms with Gasteiger partial charge in [-0.3, -0.25) is 0 Å². The molecular weight excluding hydrogens is 212 g/mol. The van der Waals surface area contributed by atoms with Gasteiger partial charge in [-0.05, 0) is 31.6 Å². The van der Waals surface area contributed by atoms with E-state index in [9.17, 15) is 10.2 Å². The Kier molecular flexibility index (Phi) is 9.85. The fourth-order valence-electron chi connectivity index (χ4n) is 2.26. The number of hydrogen-bond donors (Lipinski definition) is 2. The minimum absolute atomic E-state index is 0.0705. The van der Waals surface area contributed by atoms with Crippen molar-refractivity contribution in [3.8, 4) is 0 Å². The first kappa shape index (κ1) is 16.9. The van der Waals surface area contributed by atoms with Gasteiger partial charge in [0.05, 0.1) is 6.10 Å². The third kappa shape index (κ3) is 9.61. The molecule has 104 valence electrons. The fourth-order valence-corrected chi connectivity index (χ4v) is 2.26. The zero-order chi connectivity index (χ0) is 13.1. The molecule has 0 rings (SSSR count). The third-order valence-corrected chi connectivity index (χ3v) is 3.67. The largest absolute Gasteiger partial charge is 0.396 e. The lowest BCUT2D eigenvalue weighted by molar-refractivity contribution is 0.107. The smallest absolute Gasteiger partial charge is 0.0512 e. The summed E-state index contributed by atoms with van der Waals surface area (Å²) in [7, 11) is 0. The predicted octanol–water partition coefficient (Wildman–Crippen LogP) is 3.90. The first-order chi connectivity index (χ1) is 8.04. The van der Waals surface area contributed by atoms with E-state index in [1.165, 1.54) is 32.1 Å². The molecule has 0 saturated carbocycles. The van der Waals surface area contributed by atoms with Crippen LogP contribution in [0.5, 0.6) is 0 Å². The van der Waals surface area contributed by atoms with Crippen molar-refractivity contribution in [3.63, 3.8) is 0 Å². The molecule has 2 atom stereocenters. The Bertz CT molecular complexity index is 168. The maximum absolute atomic E-state index is 9.49. The second-order valence-electron chi connectivity index (χ2n) is 5.87. The third-order valence-electron chi connectivity index (χ3n) is 3.67. The first-order valence-electron chi connectivity index (χ1n) is 7.33. The summed E-state index contributed by atoms with van der Waals surface area (Å²) in [6.45, 7) is 6.52. The average molecular weight is 244 g/mol. The summed E-state index contributed by atoms with van der Waals surface area (Å²) in [4.78, 5) is 0. The van der Waals surface area contributed by atoms with E-state index in [4.69, 9.17) is 0 Å². The van der Waals surface area contributed by atoms with Crippen LogP contribution in [0.3, 0.4) is 0 Å². The highest BCUT2D eigenvalue weighted by Gasteiger charge is 2.22. The summed E-state index contributed by atoms with van der Waals surface area (Å²) in [6.07, 6.45) is 10.3. The summed E-state index contributed by atoms with van der Waals surface area (Å²) in [5.41, 5.74) is 0.0705. The maximum atomic E-state index is 9.49. The number of hydrogen-bond acceptors (Lipinski definition) is 2. The monoisotopic (exact) mass is 244 g/mol. The minimum atomic E-state index is -0.206. The first-order valence-corrected chi connectivity index (χ1v) is 7.33. The molecule has 17 heavy (non-hydrogen) atoms. The van der Waals surface area contributed by atoms with Gasteiger partial charge in [-0.15, -0.1) is 0 Å². The van der Waals surface area contributed by atoms with E-state index < -0.39 is 0 Å². The molecule has 0 aromatic carbocycles. The van der Waals surface area contributed by atoms with Crippen LogP contribution in [0, 0.1) is 5.41 Å². The minimum Gasteiger partial charge on any atom is -0.396 e. The van der Waals surface area contributed by atoms with Crippen molar-refractivity contribution in [3.05, 3.63) is 0 Å². The predicted molar refractivity (Wildman–Crippen MR) is 74.1 cm³/mol. The van der Waals surface area contributed by atoms with Crippen molar-refractivity contribution < 1.29 is 10.2 Å². The Balaban J connectivity index is 3.69. The molecule has 0 spiro atoms. The Labute approximate surface area is 107 Å². The molecule has 2 nitrogen and oxygen atoms in total. The van der Waals surface area contributed by atoms with Crippen LogP contribution < -0.4 is 0 Å². The van der Waals surface area contributed by atoms with Gasteiger partial charge >= 0.3 is 0 Å². The molecule has 0 heterocycles. The van der Waals surface area contributed by atoms with Gasteiger partial charge in [0.2, 0.25) is 0 Å². The van der Waals surface area contributed by atoms with Crippen molar-refractivity contribution in [2.75, 3.05) is 6.61 Å². The van der Waals surface area contributed by atoms with Gasteiger partial charge in [0.1, 0.15) is 0 Å². The topological polar surface area (TPSA) is 40.5 Å². The highest BCUT2D eigenvalue weighted by molar-refractivity contribution is 4.73. The lowest BCUT2D eigenvalue weighted by Gasteiger charge is -2.27. The van der Waals surface area contributed by atoms with E-state index in [-0.39, 0.29) is 18.1 Å². The van der Waals surface area contributed by atoms with Crippen molar-refractivity contribution in [1.29, 1.82) is 0 Å². The Hall–Kier alpha value is -0.0800. The zero-order valence-electron chi connectivity index (χ0n) is 12.0. The summed E-state index contributed by atoms with van der Waals surface area (Å²) >= 11 is 0. The molecule has 0 fully saturated rings. The number of aliphatic hydroxyl groups excluding tert-OH is 2. The summed E-state index contributed by atoms with van der Waals surface area (Å²) in [6, 6.07) is 0. The van der Waals surface area contributed by atoms with Gasteiger partial charge in [0.15, 0.2) is 0 Å². The molecule has 0 aromatic rings. The Morgan fingerprint density at radius 3 is 2.12 bits per heavy atom.